The number of hydrogen-bond donors (Lipinski definition) is 2. The highest BCUT2D eigenvalue weighted by molar-refractivity contribution is 5.90. The Bertz CT molecular complexity index is 598. The molecule has 116 valence electrons. The van der Waals surface area contributed by atoms with Crippen LogP contribution in [0.4, 0.5) is 5.69 Å². The van der Waals surface area contributed by atoms with E-state index in [1.165, 1.54) is 5.56 Å². The molecule has 3 N–H and O–H groups in total. The maximum atomic E-state index is 12.0. The van der Waals surface area contributed by atoms with E-state index in [-0.39, 0.29) is 5.91 Å². The van der Waals surface area contributed by atoms with E-state index in [0.717, 1.165) is 24.3 Å². The number of rotatable bonds is 7. The average molecular weight is 297 g/mol. The van der Waals surface area contributed by atoms with Gasteiger partial charge in [0, 0.05) is 31.7 Å². The Kier molecular flexibility index (Phi) is 6.13. The van der Waals surface area contributed by atoms with Crippen LogP contribution in [0.25, 0.3) is 0 Å². The Hall–Kier alpha value is -2.17. The van der Waals surface area contributed by atoms with Gasteiger partial charge in [-0.2, -0.15) is 0 Å². The zero-order valence-corrected chi connectivity index (χ0v) is 13.0. The van der Waals surface area contributed by atoms with Crippen LogP contribution < -0.4 is 11.1 Å². The minimum absolute atomic E-state index is 0.0223. The molecule has 1 amide bonds. The lowest BCUT2D eigenvalue weighted by Crippen LogP contribution is -2.24. The average Bonchev–Trinajstić information content (AvgIpc) is 2.54. The molecule has 0 saturated carbocycles. The van der Waals surface area contributed by atoms with E-state index in [1.807, 2.05) is 49.5 Å². The molecule has 0 aliphatic rings. The second-order valence-electron chi connectivity index (χ2n) is 5.43. The van der Waals surface area contributed by atoms with Crippen LogP contribution in [-0.4, -0.2) is 24.4 Å². The normalized spacial score (nSPS) is 10.7. The van der Waals surface area contributed by atoms with Gasteiger partial charge in [-0.1, -0.05) is 42.5 Å². The number of carbonyl (C=O) groups excluding carboxylic acids is 1. The van der Waals surface area contributed by atoms with Crippen molar-refractivity contribution in [2.45, 2.75) is 19.5 Å². The predicted octanol–water partition coefficient (Wildman–Crippen LogP) is 2.61. The molecule has 4 nitrogen and oxygen atoms in total. The smallest absolute Gasteiger partial charge is 0.225 e. The second kappa shape index (κ2) is 8.32. The molecule has 0 atom stereocenters. The first-order valence-corrected chi connectivity index (χ1v) is 7.48. The molecule has 0 unspecified atom stereocenters. The van der Waals surface area contributed by atoms with Crippen LogP contribution in [-0.2, 0) is 17.9 Å². The van der Waals surface area contributed by atoms with E-state index in [4.69, 9.17) is 5.73 Å². The first-order valence-electron chi connectivity index (χ1n) is 7.48. The third-order valence-corrected chi connectivity index (χ3v) is 3.46. The SMILES string of the molecule is CN(CCC(=O)Nc1cccc(CN)c1)Cc1ccccc1. The van der Waals surface area contributed by atoms with E-state index in [2.05, 4.69) is 22.3 Å². The van der Waals surface area contributed by atoms with Gasteiger partial charge in [-0.25, -0.2) is 0 Å². The van der Waals surface area contributed by atoms with Crippen molar-refractivity contribution in [3.8, 4) is 0 Å². The highest BCUT2D eigenvalue weighted by Crippen LogP contribution is 2.10. The van der Waals surface area contributed by atoms with Crippen LogP contribution in [0.1, 0.15) is 17.5 Å². The monoisotopic (exact) mass is 297 g/mol. The standard InChI is InChI=1S/C18H23N3O/c1-21(14-15-6-3-2-4-7-15)11-10-18(22)20-17-9-5-8-16(12-17)13-19/h2-9,12H,10-11,13-14,19H2,1H3,(H,20,22). The number of benzene rings is 2. The summed E-state index contributed by atoms with van der Waals surface area (Å²) < 4.78 is 0. The Morgan fingerprint density at radius 2 is 1.82 bits per heavy atom. The lowest BCUT2D eigenvalue weighted by molar-refractivity contribution is -0.116. The van der Waals surface area contributed by atoms with Crippen molar-refractivity contribution >= 4 is 11.6 Å². The lowest BCUT2D eigenvalue weighted by atomic mass is 10.2. The molecule has 0 aliphatic heterocycles. The molecule has 4 heteroatoms. The van der Waals surface area contributed by atoms with Crippen molar-refractivity contribution in [3.63, 3.8) is 0 Å². The number of anilines is 1. The Labute approximate surface area is 131 Å². The van der Waals surface area contributed by atoms with E-state index in [1.54, 1.807) is 0 Å². The van der Waals surface area contributed by atoms with Crippen molar-refractivity contribution in [3.05, 3.63) is 65.7 Å². The number of nitrogens with two attached hydrogens (primary N) is 1. The minimum Gasteiger partial charge on any atom is -0.326 e. The summed E-state index contributed by atoms with van der Waals surface area (Å²) in [7, 11) is 2.02. The Morgan fingerprint density at radius 3 is 2.55 bits per heavy atom. The maximum Gasteiger partial charge on any atom is 0.225 e. The van der Waals surface area contributed by atoms with Gasteiger partial charge in [-0.15, -0.1) is 0 Å². The summed E-state index contributed by atoms with van der Waals surface area (Å²) in [5.41, 5.74) is 8.67. The number of carbonyl (C=O) groups is 1. The molecule has 2 aromatic rings. The summed E-state index contributed by atoms with van der Waals surface area (Å²) in [5.74, 6) is 0.0223. The topological polar surface area (TPSA) is 58.4 Å². The summed E-state index contributed by atoms with van der Waals surface area (Å²) in [6, 6.07) is 17.9. The number of nitrogens with zero attached hydrogens (tertiary/aromatic N) is 1. The van der Waals surface area contributed by atoms with Gasteiger partial charge >= 0.3 is 0 Å². The van der Waals surface area contributed by atoms with E-state index < -0.39 is 0 Å². The molecule has 0 radical (unpaired) electrons. The molecule has 22 heavy (non-hydrogen) atoms. The molecular formula is C18H23N3O. The highest BCUT2D eigenvalue weighted by atomic mass is 16.1. The lowest BCUT2D eigenvalue weighted by Gasteiger charge is -2.16. The van der Waals surface area contributed by atoms with Gasteiger partial charge in [-0.3, -0.25) is 4.79 Å². The van der Waals surface area contributed by atoms with E-state index in [9.17, 15) is 4.79 Å². The van der Waals surface area contributed by atoms with Crippen molar-refractivity contribution < 1.29 is 4.79 Å². The van der Waals surface area contributed by atoms with Gasteiger partial charge in [0.05, 0.1) is 0 Å². The molecule has 0 spiro atoms. The summed E-state index contributed by atoms with van der Waals surface area (Å²) >= 11 is 0. The number of hydrogen-bond acceptors (Lipinski definition) is 3. The Balaban J connectivity index is 1.77. The van der Waals surface area contributed by atoms with Crippen LogP contribution in [0.5, 0.6) is 0 Å². The van der Waals surface area contributed by atoms with Gasteiger partial charge < -0.3 is 16.0 Å². The van der Waals surface area contributed by atoms with Crippen molar-refractivity contribution in [1.29, 1.82) is 0 Å². The predicted molar refractivity (Wildman–Crippen MR) is 90.4 cm³/mol. The molecule has 0 aliphatic carbocycles. The van der Waals surface area contributed by atoms with Crippen molar-refractivity contribution in [1.82, 2.24) is 4.90 Å². The van der Waals surface area contributed by atoms with Crippen LogP contribution in [0.3, 0.4) is 0 Å². The highest BCUT2D eigenvalue weighted by Gasteiger charge is 2.06. The van der Waals surface area contributed by atoms with Gasteiger partial charge in [0.25, 0.3) is 0 Å². The fourth-order valence-corrected chi connectivity index (χ4v) is 2.27. The molecule has 0 aromatic heterocycles. The minimum atomic E-state index is 0.0223. The zero-order chi connectivity index (χ0) is 15.8. The molecule has 2 rings (SSSR count). The first kappa shape index (κ1) is 16.2. The molecule has 0 fully saturated rings. The Morgan fingerprint density at radius 1 is 1.09 bits per heavy atom. The molecule has 2 aromatic carbocycles. The van der Waals surface area contributed by atoms with Crippen LogP contribution in [0.2, 0.25) is 0 Å². The van der Waals surface area contributed by atoms with Gasteiger partial charge in [0.2, 0.25) is 5.91 Å². The zero-order valence-electron chi connectivity index (χ0n) is 13.0. The van der Waals surface area contributed by atoms with Crippen molar-refractivity contribution in [2.75, 3.05) is 18.9 Å². The molecule has 0 bridgehead atoms. The fraction of sp³-hybridized carbons (Fsp3) is 0.278. The summed E-state index contributed by atoms with van der Waals surface area (Å²) in [4.78, 5) is 14.1. The van der Waals surface area contributed by atoms with Gasteiger partial charge in [-0.05, 0) is 30.3 Å². The molecular weight excluding hydrogens is 274 g/mol. The summed E-state index contributed by atoms with van der Waals surface area (Å²) in [6.07, 6.45) is 0.468. The van der Waals surface area contributed by atoms with Crippen LogP contribution in [0.15, 0.2) is 54.6 Å². The summed E-state index contributed by atoms with van der Waals surface area (Å²) in [5, 5.41) is 2.91. The third-order valence-electron chi connectivity index (χ3n) is 3.46. The molecule has 0 saturated heterocycles. The second-order valence-corrected chi connectivity index (χ2v) is 5.43. The van der Waals surface area contributed by atoms with E-state index in [0.29, 0.717) is 13.0 Å². The van der Waals surface area contributed by atoms with Gasteiger partial charge in [0.15, 0.2) is 0 Å². The fourth-order valence-electron chi connectivity index (χ4n) is 2.27. The number of amides is 1. The van der Waals surface area contributed by atoms with Crippen LogP contribution >= 0.6 is 0 Å². The quantitative estimate of drug-likeness (QED) is 0.826. The number of nitrogens with one attached hydrogen (secondary N) is 1. The van der Waals surface area contributed by atoms with Gasteiger partial charge in [0.1, 0.15) is 0 Å². The third kappa shape index (κ3) is 5.31. The molecule has 0 heterocycles. The van der Waals surface area contributed by atoms with Crippen molar-refractivity contribution in [2.24, 2.45) is 5.73 Å². The summed E-state index contributed by atoms with van der Waals surface area (Å²) in [6.45, 7) is 2.04. The van der Waals surface area contributed by atoms with E-state index >= 15 is 0 Å². The maximum absolute atomic E-state index is 12.0. The largest absolute Gasteiger partial charge is 0.326 e. The van der Waals surface area contributed by atoms with Crippen LogP contribution in [0, 0.1) is 0 Å². The first-order chi connectivity index (χ1) is 10.7.